The van der Waals surface area contributed by atoms with Crippen LogP contribution in [0.25, 0.3) is 11.1 Å². The molecule has 0 atom stereocenters. The van der Waals surface area contributed by atoms with Crippen molar-refractivity contribution in [2.24, 2.45) is 0 Å². The number of nitrogens with one attached hydrogen (secondary N) is 1. The van der Waals surface area contributed by atoms with E-state index in [0.717, 1.165) is 32.7 Å². The van der Waals surface area contributed by atoms with Gasteiger partial charge >= 0.3 is 0 Å². The highest BCUT2D eigenvalue weighted by Crippen LogP contribution is 2.49. The molecular formula is C13H14BrN3O2. The maximum absolute atomic E-state index is 5.93. The van der Waals surface area contributed by atoms with E-state index in [0.29, 0.717) is 5.82 Å². The van der Waals surface area contributed by atoms with Gasteiger partial charge in [-0.3, -0.25) is 5.10 Å². The summed E-state index contributed by atoms with van der Waals surface area (Å²) in [6, 6.07) is 2.00. The number of hydrogen-bond donors (Lipinski definition) is 2. The Morgan fingerprint density at radius 1 is 1.32 bits per heavy atom. The number of aromatic nitrogens is 2. The van der Waals surface area contributed by atoms with Crippen molar-refractivity contribution in [2.75, 3.05) is 12.5 Å². The molecule has 0 spiro atoms. The largest absolute Gasteiger partial charge is 0.453 e. The van der Waals surface area contributed by atoms with E-state index in [9.17, 15) is 0 Å². The van der Waals surface area contributed by atoms with Crippen molar-refractivity contribution in [2.45, 2.75) is 19.8 Å². The van der Waals surface area contributed by atoms with Crippen molar-refractivity contribution >= 4 is 21.7 Å². The van der Waals surface area contributed by atoms with E-state index in [1.807, 2.05) is 6.07 Å². The third kappa shape index (κ3) is 1.87. The van der Waals surface area contributed by atoms with Gasteiger partial charge in [-0.05, 0) is 33.5 Å². The number of ether oxygens (including phenoxy) is 2. The van der Waals surface area contributed by atoms with Crippen molar-refractivity contribution in [1.82, 2.24) is 10.2 Å². The van der Waals surface area contributed by atoms with Crippen LogP contribution in [0.1, 0.15) is 25.3 Å². The molecule has 0 fully saturated rings. The van der Waals surface area contributed by atoms with Crippen LogP contribution in [-0.2, 0) is 0 Å². The van der Waals surface area contributed by atoms with Crippen LogP contribution in [0.3, 0.4) is 0 Å². The van der Waals surface area contributed by atoms with E-state index in [1.54, 1.807) is 6.20 Å². The summed E-state index contributed by atoms with van der Waals surface area (Å²) in [6.07, 6.45) is 1.73. The van der Waals surface area contributed by atoms with E-state index >= 15 is 0 Å². The summed E-state index contributed by atoms with van der Waals surface area (Å²) >= 11 is 3.52. The van der Waals surface area contributed by atoms with Gasteiger partial charge in [0.25, 0.3) is 0 Å². The minimum Gasteiger partial charge on any atom is -0.453 e. The fourth-order valence-corrected chi connectivity index (χ4v) is 2.88. The molecule has 3 N–H and O–H groups in total. The zero-order chi connectivity index (χ0) is 13.6. The van der Waals surface area contributed by atoms with Crippen molar-refractivity contribution in [3.63, 3.8) is 0 Å². The SMILES string of the molecule is CC(C)c1c(-c2cn[nH]c2N)cc(Br)c2c1OCO2. The van der Waals surface area contributed by atoms with Gasteiger partial charge in [-0.1, -0.05) is 13.8 Å². The Bertz CT molecular complexity index is 637. The number of anilines is 1. The molecular weight excluding hydrogens is 310 g/mol. The predicted molar refractivity (Wildman–Crippen MR) is 76.3 cm³/mol. The number of rotatable bonds is 2. The fourth-order valence-electron chi connectivity index (χ4n) is 2.36. The van der Waals surface area contributed by atoms with E-state index < -0.39 is 0 Å². The zero-order valence-corrected chi connectivity index (χ0v) is 12.2. The van der Waals surface area contributed by atoms with Crippen LogP contribution in [0.5, 0.6) is 11.5 Å². The summed E-state index contributed by atoms with van der Waals surface area (Å²) in [4.78, 5) is 0. The number of benzene rings is 1. The van der Waals surface area contributed by atoms with E-state index in [-0.39, 0.29) is 12.7 Å². The Morgan fingerprint density at radius 2 is 2.05 bits per heavy atom. The first kappa shape index (κ1) is 12.3. The molecule has 2 heterocycles. The second-order valence-electron chi connectivity index (χ2n) is 4.74. The number of nitrogens with zero attached hydrogens (tertiary/aromatic N) is 1. The van der Waals surface area contributed by atoms with Crippen molar-refractivity contribution in [1.29, 1.82) is 0 Å². The van der Waals surface area contributed by atoms with Crippen LogP contribution in [0.2, 0.25) is 0 Å². The highest BCUT2D eigenvalue weighted by molar-refractivity contribution is 9.10. The number of nitrogen functional groups attached to an aromatic ring is 1. The van der Waals surface area contributed by atoms with E-state index in [1.165, 1.54) is 0 Å². The molecule has 0 radical (unpaired) electrons. The average molecular weight is 324 g/mol. The average Bonchev–Trinajstić information content (AvgIpc) is 2.96. The van der Waals surface area contributed by atoms with Gasteiger partial charge in [0.1, 0.15) is 5.82 Å². The minimum atomic E-state index is 0.248. The third-order valence-corrected chi connectivity index (χ3v) is 3.76. The van der Waals surface area contributed by atoms with Crippen LogP contribution in [0, 0.1) is 0 Å². The summed E-state index contributed by atoms with van der Waals surface area (Å²) in [7, 11) is 0. The van der Waals surface area contributed by atoms with Gasteiger partial charge in [-0.15, -0.1) is 0 Å². The lowest BCUT2D eigenvalue weighted by Crippen LogP contribution is -1.98. The zero-order valence-electron chi connectivity index (χ0n) is 10.7. The summed E-state index contributed by atoms with van der Waals surface area (Å²) in [5.41, 5.74) is 8.91. The van der Waals surface area contributed by atoms with Gasteiger partial charge in [0.05, 0.1) is 10.7 Å². The predicted octanol–water partition coefficient (Wildman–Crippen LogP) is 3.27. The first-order chi connectivity index (χ1) is 9.09. The monoisotopic (exact) mass is 323 g/mol. The van der Waals surface area contributed by atoms with Gasteiger partial charge < -0.3 is 15.2 Å². The summed E-state index contributed by atoms with van der Waals surface area (Å²) in [5.74, 6) is 2.38. The highest BCUT2D eigenvalue weighted by Gasteiger charge is 2.27. The highest BCUT2D eigenvalue weighted by atomic mass is 79.9. The van der Waals surface area contributed by atoms with Gasteiger partial charge in [0, 0.05) is 11.1 Å². The van der Waals surface area contributed by atoms with Gasteiger partial charge in [0.15, 0.2) is 11.5 Å². The number of aromatic amines is 1. The topological polar surface area (TPSA) is 73.2 Å². The minimum absolute atomic E-state index is 0.248. The fraction of sp³-hybridized carbons (Fsp3) is 0.308. The Kier molecular flexibility index (Phi) is 2.89. The molecule has 0 unspecified atom stereocenters. The van der Waals surface area contributed by atoms with E-state index in [4.69, 9.17) is 15.2 Å². The molecule has 0 amide bonds. The maximum atomic E-state index is 5.93. The van der Waals surface area contributed by atoms with Crippen molar-refractivity contribution in [3.8, 4) is 22.6 Å². The Hall–Kier alpha value is -1.69. The molecule has 19 heavy (non-hydrogen) atoms. The van der Waals surface area contributed by atoms with Crippen molar-refractivity contribution in [3.05, 3.63) is 22.3 Å². The molecule has 1 aliphatic rings. The number of hydrogen-bond acceptors (Lipinski definition) is 4. The van der Waals surface area contributed by atoms with Crippen molar-refractivity contribution < 1.29 is 9.47 Å². The molecule has 2 aromatic rings. The third-order valence-electron chi connectivity index (χ3n) is 3.17. The summed E-state index contributed by atoms with van der Waals surface area (Å²) < 4.78 is 12.0. The lowest BCUT2D eigenvalue weighted by Gasteiger charge is -2.16. The lowest BCUT2D eigenvalue weighted by molar-refractivity contribution is 0.172. The molecule has 0 saturated heterocycles. The van der Waals surface area contributed by atoms with Gasteiger partial charge in [-0.25, -0.2) is 0 Å². The molecule has 5 nitrogen and oxygen atoms in total. The summed E-state index contributed by atoms with van der Waals surface area (Å²) in [5, 5.41) is 6.75. The number of fused-ring (bicyclic) bond motifs is 1. The van der Waals surface area contributed by atoms with Crippen LogP contribution in [0.4, 0.5) is 5.82 Å². The quantitative estimate of drug-likeness (QED) is 0.889. The van der Waals surface area contributed by atoms with Crippen LogP contribution < -0.4 is 15.2 Å². The number of nitrogens with two attached hydrogens (primary N) is 1. The molecule has 3 rings (SSSR count). The molecule has 100 valence electrons. The second-order valence-corrected chi connectivity index (χ2v) is 5.59. The standard InChI is InChI=1S/C13H14BrN3O2/c1-6(2)10-7(8-4-16-17-13(8)15)3-9(14)11-12(10)19-5-18-11/h3-4,6H,5H2,1-2H3,(H3,15,16,17). The summed E-state index contributed by atoms with van der Waals surface area (Å²) in [6.45, 7) is 4.48. The van der Waals surface area contributed by atoms with Gasteiger partial charge in [-0.2, -0.15) is 5.10 Å². The molecule has 0 saturated carbocycles. The Labute approximate surface area is 119 Å². The van der Waals surface area contributed by atoms with Crippen LogP contribution >= 0.6 is 15.9 Å². The molecule has 1 aliphatic heterocycles. The molecule has 1 aromatic carbocycles. The molecule has 0 aliphatic carbocycles. The first-order valence-electron chi connectivity index (χ1n) is 6.00. The normalized spacial score (nSPS) is 13.3. The van der Waals surface area contributed by atoms with E-state index in [2.05, 4.69) is 40.0 Å². The Morgan fingerprint density at radius 3 is 2.68 bits per heavy atom. The number of halogens is 1. The van der Waals surface area contributed by atoms with Gasteiger partial charge in [0.2, 0.25) is 6.79 Å². The second kappa shape index (κ2) is 4.45. The first-order valence-corrected chi connectivity index (χ1v) is 6.80. The molecule has 1 aromatic heterocycles. The lowest BCUT2D eigenvalue weighted by atomic mass is 9.92. The smallest absolute Gasteiger partial charge is 0.231 e. The maximum Gasteiger partial charge on any atom is 0.231 e. The van der Waals surface area contributed by atoms with Crippen LogP contribution in [-0.4, -0.2) is 17.0 Å². The Balaban J connectivity index is 2.31. The van der Waals surface area contributed by atoms with Crippen LogP contribution in [0.15, 0.2) is 16.7 Å². The molecule has 6 heteroatoms. The molecule has 0 bridgehead atoms. The number of H-pyrrole nitrogens is 1.